The van der Waals surface area contributed by atoms with Crippen molar-refractivity contribution in [1.29, 1.82) is 0 Å². The number of carboxylic acids is 1. The van der Waals surface area contributed by atoms with Crippen LogP contribution in [0.15, 0.2) is 0 Å². The van der Waals surface area contributed by atoms with Gasteiger partial charge in [0, 0.05) is 31.1 Å². The van der Waals surface area contributed by atoms with Gasteiger partial charge in [0.2, 0.25) is 0 Å². The van der Waals surface area contributed by atoms with E-state index in [-0.39, 0.29) is 12.0 Å². The van der Waals surface area contributed by atoms with E-state index in [1.165, 1.54) is 0 Å². The second-order valence-electron chi connectivity index (χ2n) is 5.42. The molecule has 0 radical (unpaired) electrons. The zero-order valence-electron chi connectivity index (χ0n) is 11.6. The highest BCUT2D eigenvalue weighted by atomic mass is 32.2. The van der Waals surface area contributed by atoms with Crippen LogP contribution in [0.5, 0.6) is 0 Å². The lowest BCUT2D eigenvalue weighted by Gasteiger charge is -2.33. The van der Waals surface area contributed by atoms with Crippen LogP contribution in [0.2, 0.25) is 0 Å². The van der Waals surface area contributed by atoms with Crippen molar-refractivity contribution in [3.05, 3.63) is 0 Å². The minimum absolute atomic E-state index is 0.253. The van der Waals surface area contributed by atoms with Crippen molar-refractivity contribution < 1.29 is 14.6 Å². The van der Waals surface area contributed by atoms with Gasteiger partial charge in [-0.3, -0.25) is 9.69 Å². The Morgan fingerprint density at radius 2 is 2.22 bits per heavy atom. The van der Waals surface area contributed by atoms with Gasteiger partial charge in [0.25, 0.3) is 0 Å². The number of rotatable bonds is 7. The van der Waals surface area contributed by atoms with Crippen LogP contribution in [0.25, 0.3) is 0 Å². The molecule has 2 atom stereocenters. The number of thioether (sulfide) groups is 1. The number of carbonyl (C=O) groups is 1. The molecule has 0 amide bonds. The summed E-state index contributed by atoms with van der Waals surface area (Å²) in [5.74, 6) is 1.26. The lowest BCUT2D eigenvalue weighted by molar-refractivity contribution is -0.140. The van der Waals surface area contributed by atoms with E-state index in [1.807, 2.05) is 0 Å². The van der Waals surface area contributed by atoms with Gasteiger partial charge in [-0.2, -0.15) is 11.8 Å². The van der Waals surface area contributed by atoms with Gasteiger partial charge < -0.3 is 9.84 Å². The first-order valence-electron chi connectivity index (χ1n) is 6.63. The molecule has 0 spiro atoms. The van der Waals surface area contributed by atoms with Crippen LogP contribution >= 0.6 is 11.8 Å². The van der Waals surface area contributed by atoms with Gasteiger partial charge in [-0.05, 0) is 5.92 Å². The van der Waals surface area contributed by atoms with Crippen LogP contribution in [0.4, 0.5) is 0 Å². The molecule has 1 N–H and O–H groups in total. The van der Waals surface area contributed by atoms with Crippen molar-refractivity contribution in [1.82, 2.24) is 4.90 Å². The zero-order valence-corrected chi connectivity index (χ0v) is 12.4. The Morgan fingerprint density at radius 3 is 2.83 bits per heavy atom. The molecule has 0 aromatic rings. The molecule has 1 aliphatic heterocycles. The Labute approximate surface area is 114 Å². The minimum atomic E-state index is -0.714. The molecule has 5 heteroatoms. The second kappa shape index (κ2) is 8.02. The summed E-state index contributed by atoms with van der Waals surface area (Å²) in [7, 11) is 0. The van der Waals surface area contributed by atoms with Crippen LogP contribution < -0.4 is 0 Å². The number of ether oxygens (including phenoxy) is 1. The number of carboxylic acid groups (broad SMARTS) is 1. The molecular weight excluding hydrogens is 250 g/mol. The number of morpholine rings is 1. The van der Waals surface area contributed by atoms with Crippen LogP contribution in [0, 0.1) is 11.8 Å². The highest BCUT2D eigenvalue weighted by Gasteiger charge is 2.21. The topological polar surface area (TPSA) is 49.8 Å². The van der Waals surface area contributed by atoms with Crippen LogP contribution in [-0.2, 0) is 9.53 Å². The average molecular weight is 275 g/mol. The molecular formula is C13H25NO3S. The standard InChI is InChI=1S/C13H25NO3S/c1-10(2)6-14-4-5-17-12(7-14)9-18-8-11(3)13(15)16/h10-12H,4-9H2,1-3H3,(H,15,16). The maximum atomic E-state index is 10.7. The molecule has 0 saturated carbocycles. The molecule has 0 aromatic heterocycles. The summed E-state index contributed by atoms with van der Waals surface area (Å²) in [4.78, 5) is 13.1. The summed E-state index contributed by atoms with van der Waals surface area (Å²) in [6.45, 7) is 10.1. The van der Waals surface area contributed by atoms with Gasteiger partial charge in [-0.15, -0.1) is 0 Å². The molecule has 106 valence electrons. The molecule has 0 aromatic carbocycles. The summed E-state index contributed by atoms with van der Waals surface area (Å²) in [5, 5.41) is 8.81. The third-order valence-electron chi connectivity index (χ3n) is 2.94. The van der Waals surface area contributed by atoms with Crippen molar-refractivity contribution in [2.24, 2.45) is 11.8 Å². The Bertz CT molecular complexity index is 261. The van der Waals surface area contributed by atoms with Crippen molar-refractivity contribution in [3.8, 4) is 0 Å². The first-order chi connectivity index (χ1) is 8.49. The Balaban J connectivity index is 2.20. The lowest BCUT2D eigenvalue weighted by atomic mass is 10.2. The SMILES string of the molecule is CC(C)CN1CCOC(CSCC(C)C(=O)O)C1. The average Bonchev–Trinajstić information content (AvgIpc) is 2.28. The summed E-state index contributed by atoms with van der Waals surface area (Å²) in [6.07, 6.45) is 0.253. The van der Waals surface area contributed by atoms with Gasteiger partial charge in [0.15, 0.2) is 0 Å². The monoisotopic (exact) mass is 275 g/mol. The van der Waals surface area contributed by atoms with Gasteiger partial charge in [0.05, 0.1) is 18.6 Å². The molecule has 1 aliphatic rings. The fourth-order valence-electron chi connectivity index (χ4n) is 2.01. The van der Waals surface area contributed by atoms with Crippen molar-refractivity contribution >= 4 is 17.7 Å². The summed E-state index contributed by atoms with van der Waals surface area (Å²) in [5.41, 5.74) is 0. The van der Waals surface area contributed by atoms with E-state index in [2.05, 4.69) is 18.7 Å². The normalized spacial score (nSPS) is 23.2. The molecule has 2 unspecified atom stereocenters. The first-order valence-corrected chi connectivity index (χ1v) is 7.79. The predicted molar refractivity (Wildman–Crippen MR) is 75.1 cm³/mol. The largest absolute Gasteiger partial charge is 0.481 e. The van der Waals surface area contributed by atoms with Gasteiger partial charge in [-0.25, -0.2) is 0 Å². The van der Waals surface area contributed by atoms with Crippen molar-refractivity contribution in [2.75, 3.05) is 37.7 Å². The van der Waals surface area contributed by atoms with E-state index in [1.54, 1.807) is 18.7 Å². The summed E-state index contributed by atoms with van der Waals surface area (Å²) >= 11 is 1.68. The number of nitrogens with zero attached hydrogens (tertiary/aromatic N) is 1. The minimum Gasteiger partial charge on any atom is -0.481 e. The van der Waals surface area contributed by atoms with E-state index < -0.39 is 5.97 Å². The number of hydrogen-bond acceptors (Lipinski definition) is 4. The molecule has 1 saturated heterocycles. The van der Waals surface area contributed by atoms with E-state index in [9.17, 15) is 4.79 Å². The van der Waals surface area contributed by atoms with Crippen molar-refractivity contribution in [3.63, 3.8) is 0 Å². The fraction of sp³-hybridized carbons (Fsp3) is 0.923. The van der Waals surface area contributed by atoms with Crippen molar-refractivity contribution in [2.45, 2.75) is 26.9 Å². The van der Waals surface area contributed by atoms with Crippen LogP contribution in [0.3, 0.4) is 0 Å². The van der Waals surface area contributed by atoms with Gasteiger partial charge >= 0.3 is 5.97 Å². The molecule has 1 fully saturated rings. The molecule has 4 nitrogen and oxygen atoms in total. The van der Waals surface area contributed by atoms with E-state index in [0.717, 1.165) is 32.0 Å². The Hall–Kier alpha value is -0.260. The summed E-state index contributed by atoms with van der Waals surface area (Å²) in [6, 6.07) is 0. The first kappa shape index (κ1) is 15.8. The highest BCUT2D eigenvalue weighted by Crippen LogP contribution is 2.15. The summed E-state index contributed by atoms with van der Waals surface area (Å²) < 4.78 is 5.72. The Kier molecular flexibility index (Phi) is 7.04. The van der Waals surface area contributed by atoms with Crippen LogP contribution in [0.1, 0.15) is 20.8 Å². The van der Waals surface area contributed by atoms with E-state index in [4.69, 9.17) is 9.84 Å². The van der Waals surface area contributed by atoms with E-state index in [0.29, 0.717) is 11.7 Å². The maximum Gasteiger partial charge on any atom is 0.307 e. The fourth-order valence-corrected chi connectivity index (χ4v) is 3.11. The maximum absolute atomic E-state index is 10.7. The molecule has 18 heavy (non-hydrogen) atoms. The smallest absolute Gasteiger partial charge is 0.307 e. The van der Waals surface area contributed by atoms with E-state index >= 15 is 0 Å². The molecule has 1 rings (SSSR count). The molecule has 0 aliphatic carbocycles. The molecule has 0 bridgehead atoms. The predicted octanol–water partition coefficient (Wildman–Crippen LogP) is 1.80. The second-order valence-corrected chi connectivity index (χ2v) is 6.50. The van der Waals surface area contributed by atoms with Gasteiger partial charge in [0.1, 0.15) is 0 Å². The number of aliphatic carboxylic acids is 1. The molecule has 1 heterocycles. The highest BCUT2D eigenvalue weighted by molar-refractivity contribution is 7.99. The number of hydrogen-bond donors (Lipinski definition) is 1. The quantitative estimate of drug-likeness (QED) is 0.768. The lowest BCUT2D eigenvalue weighted by Crippen LogP contribution is -2.44. The third-order valence-corrected chi connectivity index (χ3v) is 4.28. The Morgan fingerprint density at radius 1 is 1.50 bits per heavy atom. The third kappa shape index (κ3) is 6.07. The zero-order chi connectivity index (χ0) is 13.5. The van der Waals surface area contributed by atoms with Crippen LogP contribution in [-0.4, -0.2) is 59.8 Å². The van der Waals surface area contributed by atoms with Gasteiger partial charge in [-0.1, -0.05) is 20.8 Å².